The van der Waals surface area contributed by atoms with Gasteiger partial charge in [-0.2, -0.15) is 0 Å². The maximum Gasteiger partial charge on any atom is 0.0900 e. The molecule has 0 radical (unpaired) electrons. The Bertz CT molecular complexity index is 462. The summed E-state index contributed by atoms with van der Waals surface area (Å²) in [5, 5.41) is 10.2. The summed E-state index contributed by atoms with van der Waals surface area (Å²) in [6, 6.07) is 6.51. The molecule has 0 aromatic heterocycles. The Morgan fingerprint density at radius 1 is 1.35 bits per heavy atom. The van der Waals surface area contributed by atoms with Gasteiger partial charge < -0.3 is 14.6 Å². The Kier molecular flexibility index (Phi) is 9.80. The predicted molar refractivity (Wildman–Crippen MR) is 94.7 cm³/mol. The third-order valence-electron chi connectivity index (χ3n) is 3.74. The van der Waals surface area contributed by atoms with E-state index in [4.69, 9.17) is 9.47 Å². The Labute approximate surface area is 140 Å². The summed E-state index contributed by atoms with van der Waals surface area (Å²) >= 11 is 0. The van der Waals surface area contributed by atoms with Crippen LogP contribution in [0.25, 0.3) is 0 Å². The zero-order chi connectivity index (χ0) is 17.1. The quantitative estimate of drug-likeness (QED) is 0.475. The zero-order valence-electron chi connectivity index (χ0n) is 14.8. The van der Waals surface area contributed by atoms with E-state index < -0.39 is 6.10 Å². The first kappa shape index (κ1) is 19.8. The molecule has 0 spiro atoms. The number of methoxy groups -OCH3 is 1. The number of hydrogen-bond acceptors (Lipinski definition) is 4. The van der Waals surface area contributed by atoms with Crippen LogP contribution in [-0.2, 0) is 16.0 Å². The predicted octanol–water partition coefficient (Wildman–Crippen LogP) is 2.71. The van der Waals surface area contributed by atoms with E-state index in [-0.39, 0.29) is 0 Å². The first-order chi connectivity index (χ1) is 11.1. The Hall–Kier alpha value is -1.20. The van der Waals surface area contributed by atoms with E-state index in [1.807, 2.05) is 0 Å². The third-order valence-corrected chi connectivity index (χ3v) is 3.74. The lowest BCUT2D eigenvalue weighted by atomic mass is 10.0. The molecule has 0 aliphatic rings. The number of benzene rings is 1. The summed E-state index contributed by atoms with van der Waals surface area (Å²) in [4.78, 5) is 2.27. The highest BCUT2D eigenvalue weighted by atomic mass is 16.5. The Balaban J connectivity index is 2.63. The van der Waals surface area contributed by atoms with Crippen LogP contribution in [0.4, 0.5) is 0 Å². The smallest absolute Gasteiger partial charge is 0.0900 e. The van der Waals surface area contributed by atoms with Crippen LogP contribution in [0.3, 0.4) is 0 Å². The van der Waals surface area contributed by atoms with E-state index in [1.165, 1.54) is 16.7 Å². The molecule has 0 unspecified atom stereocenters. The maximum absolute atomic E-state index is 10.2. The standard InChI is InChI=1S/C19H31NO3/c1-5-10-23-15-19(21)14-20(9-6-11-22-4)13-18-12-16(2)7-8-17(18)3/h5,7-8,12,19,21H,1,6,9-11,13-15H2,2-4H3/t19-/m1/s1. The largest absolute Gasteiger partial charge is 0.389 e. The number of aliphatic hydroxyl groups excluding tert-OH is 1. The minimum Gasteiger partial charge on any atom is -0.389 e. The molecule has 1 atom stereocenters. The number of nitrogens with zero attached hydrogens (tertiary/aromatic N) is 1. The summed E-state index contributed by atoms with van der Waals surface area (Å²) in [5.74, 6) is 0. The maximum atomic E-state index is 10.2. The number of rotatable bonds is 12. The van der Waals surface area contributed by atoms with Crippen LogP contribution in [0.15, 0.2) is 30.9 Å². The summed E-state index contributed by atoms with van der Waals surface area (Å²) in [6.07, 6.45) is 2.14. The van der Waals surface area contributed by atoms with Gasteiger partial charge in [-0.05, 0) is 31.4 Å². The van der Waals surface area contributed by atoms with Gasteiger partial charge in [0.2, 0.25) is 0 Å². The minimum atomic E-state index is -0.498. The van der Waals surface area contributed by atoms with Crippen molar-refractivity contribution < 1.29 is 14.6 Å². The van der Waals surface area contributed by atoms with Crippen LogP contribution < -0.4 is 0 Å². The SMILES string of the molecule is C=CCOC[C@H](O)CN(CCCOC)Cc1cc(C)ccc1C. The molecule has 4 nitrogen and oxygen atoms in total. The van der Waals surface area contributed by atoms with Crippen molar-refractivity contribution in [2.45, 2.75) is 32.9 Å². The van der Waals surface area contributed by atoms with Crippen LogP contribution in [0.1, 0.15) is 23.1 Å². The number of aryl methyl sites for hydroxylation is 2. The Morgan fingerprint density at radius 3 is 2.83 bits per heavy atom. The fourth-order valence-corrected chi connectivity index (χ4v) is 2.52. The van der Waals surface area contributed by atoms with Gasteiger partial charge >= 0.3 is 0 Å². The van der Waals surface area contributed by atoms with E-state index in [0.717, 1.165) is 26.1 Å². The molecular weight excluding hydrogens is 290 g/mol. The van der Waals surface area contributed by atoms with Crippen molar-refractivity contribution in [3.05, 3.63) is 47.5 Å². The van der Waals surface area contributed by atoms with Gasteiger partial charge in [0.15, 0.2) is 0 Å². The highest BCUT2D eigenvalue weighted by Crippen LogP contribution is 2.14. The molecule has 0 aliphatic heterocycles. The van der Waals surface area contributed by atoms with Gasteiger partial charge in [-0.25, -0.2) is 0 Å². The number of aliphatic hydroxyl groups is 1. The number of hydrogen-bond donors (Lipinski definition) is 1. The van der Waals surface area contributed by atoms with E-state index in [0.29, 0.717) is 19.8 Å². The van der Waals surface area contributed by atoms with Gasteiger partial charge in [-0.15, -0.1) is 6.58 Å². The van der Waals surface area contributed by atoms with Crippen LogP contribution >= 0.6 is 0 Å². The van der Waals surface area contributed by atoms with Crippen molar-refractivity contribution in [1.29, 1.82) is 0 Å². The van der Waals surface area contributed by atoms with Gasteiger partial charge in [0, 0.05) is 33.4 Å². The van der Waals surface area contributed by atoms with Crippen molar-refractivity contribution in [3.63, 3.8) is 0 Å². The van der Waals surface area contributed by atoms with Gasteiger partial charge in [0.25, 0.3) is 0 Å². The van der Waals surface area contributed by atoms with Gasteiger partial charge in [0.05, 0.1) is 19.3 Å². The minimum absolute atomic E-state index is 0.333. The first-order valence-electron chi connectivity index (χ1n) is 8.21. The van der Waals surface area contributed by atoms with Crippen molar-refractivity contribution in [2.24, 2.45) is 0 Å². The molecule has 130 valence electrons. The monoisotopic (exact) mass is 321 g/mol. The van der Waals surface area contributed by atoms with Crippen molar-refractivity contribution in [3.8, 4) is 0 Å². The van der Waals surface area contributed by atoms with Gasteiger partial charge in [0.1, 0.15) is 0 Å². The van der Waals surface area contributed by atoms with Crippen LogP contribution in [0.2, 0.25) is 0 Å². The van der Waals surface area contributed by atoms with E-state index in [2.05, 4.69) is 43.5 Å². The third kappa shape index (κ3) is 8.28. The fraction of sp³-hybridized carbons (Fsp3) is 0.579. The lowest BCUT2D eigenvalue weighted by molar-refractivity contribution is 0.0229. The molecule has 0 aliphatic carbocycles. The molecule has 0 amide bonds. The second-order valence-corrected chi connectivity index (χ2v) is 5.99. The second-order valence-electron chi connectivity index (χ2n) is 5.99. The summed E-state index contributed by atoms with van der Waals surface area (Å²) < 4.78 is 10.5. The van der Waals surface area contributed by atoms with Crippen LogP contribution in [-0.4, -0.2) is 56.1 Å². The van der Waals surface area contributed by atoms with Crippen molar-refractivity contribution >= 4 is 0 Å². The summed E-state index contributed by atoms with van der Waals surface area (Å²) in [7, 11) is 1.72. The highest BCUT2D eigenvalue weighted by Gasteiger charge is 2.13. The van der Waals surface area contributed by atoms with Crippen LogP contribution in [0.5, 0.6) is 0 Å². The Morgan fingerprint density at radius 2 is 2.13 bits per heavy atom. The lowest BCUT2D eigenvalue weighted by Gasteiger charge is -2.26. The lowest BCUT2D eigenvalue weighted by Crippen LogP contribution is -2.35. The second kappa shape index (κ2) is 11.4. The van der Waals surface area contributed by atoms with Gasteiger partial charge in [-0.1, -0.05) is 29.8 Å². The fourth-order valence-electron chi connectivity index (χ4n) is 2.52. The molecular formula is C19H31NO3. The molecule has 4 heteroatoms. The average Bonchev–Trinajstić information content (AvgIpc) is 2.51. The summed E-state index contributed by atoms with van der Waals surface area (Å²) in [5.41, 5.74) is 3.85. The molecule has 0 bridgehead atoms. The van der Waals surface area contributed by atoms with E-state index >= 15 is 0 Å². The van der Waals surface area contributed by atoms with E-state index in [1.54, 1.807) is 13.2 Å². The zero-order valence-corrected chi connectivity index (χ0v) is 14.8. The molecule has 1 rings (SSSR count). The summed E-state index contributed by atoms with van der Waals surface area (Å²) in [6.45, 7) is 11.7. The molecule has 23 heavy (non-hydrogen) atoms. The molecule has 0 heterocycles. The molecule has 1 N–H and O–H groups in total. The number of ether oxygens (including phenoxy) is 2. The van der Waals surface area contributed by atoms with Crippen LogP contribution in [0, 0.1) is 13.8 Å². The van der Waals surface area contributed by atoms with Crippen molar-refractivity contribution in [1.82, 2.24) is 4.90 Å². The molecule has 0 fully saturated rings. The molecule has 0 saturated heterocycles. The molecule has 1 aromatic rings. The topological polar surface area (TPSA) is 41.9 Å². The van der Waals surface area contributed by atoms with Crippen molar-refractivity contribution in [2.75, 3.05) is 40.0 Å². The highest BCUT2D eigenvalue weighted by molar-refractivity contribution is 5.30. The molecule has 1 aromatic carbocycles. The molecule has 0 saturated carbocycles. The first-order valence-corrected chi connectivity index (χ1v) is 8.21. The average molecular weight is 321 g/mol. The van der Waals surface area contributed by atoms with Gasteiger partial charge in [-0.3, -0.25) is 4.90 Å². The normalized spacial score (nSPS) is 12.6. The van der Waals surface area contributed by atoms with E-state index in [9.17, 15) is 5.11 Å².